The van der Waals surface area contributed by atoms with Crippen molar-refractivity contribution in [2.75, 3.05) is 7.11 Å². The Morgan fingerprint density at radius 2 is 2.14 bits per heavy atom. The maximum atomic E-state index is 11.1. The molecule has 0 aliphatic heterocycles. The van der Waals surface area contributed by atoms with Gasteiger partial charge in [0.15, 0.2) is 0 Å². The number of carbonyl (C=O) groups excluding carboxylic acids is 1. The van der Waals surface area contributed by atoms with Gasteiger partial charge in [0, 0.05) is 0 Å². The number of methoxy groups -OCH3 is 1. The van der Waals surface area contributed by atoms with Crippen LogP contribution in [0.3, 0.4) is 0 Å². The molecule has 1 rings (SSSR count). The molecule has 72 valence electrons. The molecule has 1 aromatic rings. The standard InChI is InChI=1S/C11H11NO2/c1-14-11(13)10(8-12)7-9-5-3-2-4-6-9/h2-6,10H,7H2,1H3. The molecule has 0 saturated heterocycles. The van der Waals surface area contributed by atoms with Crippen molar-refractivity contribution in [3.8, 4) is 6.07 Å². The van der Waals surface area contributed by atoms with E-state index in [2.05, 4.69) is 4.74 Å². The first-order valence-corrected chi connectivity index (χ1v) is 4.29. The lowest BCUT2D eigenvalue weighted by molar-refractivity contribution is -0.143. The fraction of sp³-hybridized carbons (Fsp3) is 0.273. The van der Waals surface area contributed by atoms with Gasteiger partial charge in [0.05, 0.1) is 13.2 Å². The summed E-state index contributed by atoms with van der Waals surface area (Å²) in [6, 6.07) is 11.3. The van der Waals surface area contributed by atoms with Crippen molar-refractivity contribution in [2.24, 2.45) is 5.92 Å². The van der Waals surface area contributed by atoms with E-state index in [1.54, 1.807) is 0 Å². The van der Waals surface area contributed by atoms with Gasteiger partial charge in [0.2, 0.25) is 0 Å². The van der Waals surface area contributed by atoms with Crippen molar-refractivity contribution in [3.63, 3.8) is 0 Å². The Labute approximate surface area is 82.9 Å². The van der Waals surface area contributed by atoms with E-state index >= 15 is 0 Å². The predicted octanol–water partition coefficient (Wildman–Crippen LogP) is 1.54. The largest absolute Gasteiger partial charge is 0.468 e. The smallest absolute Gasteiger partial charge is 0.323 e. The number of carbonyl (C=O) groups is 1. The zero-order valence-electron chi connectivity index (χ0n) is 7.93. The van der Waals surface area contributed by atoms with Gasteiger partial charge >= 0.3 is 5.97 Å². The quantitative estimate of drug-likeness (QED) is 0.678. The molecular weight excluding hydrogens is 178 g/mol. The van der Waals surface area contributed by atoms with Gasteiger partial charge in [-0.3, -0.25) is 4.79 Å². The average molecular weight is 189 g/mol. The third-order valence-corrected chi connectivity index (χ3v) is 1.92. The SMILES string of the molecule is COC(=O)C(C#N)Cc1ccccc1. The summed E-state index contributed by atoms with van der Waals surface area (Å²) in [5.41, 5.74) is 0.962. The normalized spacial score (nSPS) is 11.4. The maximum Gasteiger partial charge on any atom is 0.323 e. The van der Waals surface area contributed by atoms with Gasteiger partial charge in [0.1, 0.15) is 5.92 Å². The van der Waals surface area contributed by atoms with Crippen molar-refractivity contribution < 1.29 is 9.53 Å². The molecule has 3 heteroatoms. The molecule has 0 heterocycles. The van der Waals surface area contributed by atoms with Crippen LogP contribution in [0.5, 0.6) is 0 Å². The number of nitrogens with zero attached hydrogens (tertiary/aromatic N) is 1. The Morgan fingerprint density at radius 1 is 1.50 bits per heavy atom. The van der Waals surface area contributed by atoms with Crippen LogP contribution >= 0.6 is 0 Å². The molecule has 0 saturated carbocycles. The van der Waals surface area contributed by atoms with Crippen LogP contribution in [0.2, 0.25) is 0 Å². The van der Waals surface area contributed by atoms with Gasteiger partial charge in [-0.25, -0.2) is 0 Å². The number of rotatable bonds is 3. The number of hydrogen-bond donors (Lipinski definition) is 0. The molecule has 0 amide bonds. The van der Waals surface area contributed by atoms with Gasteiger partial charge in [0.25, 0.3) is 0 Å². The maximum absolute atomic E-state index is 11.1. The van der Waals surface area contributed by atoms with E-state index in [-0.39, 0.29) is 0 Å². The highest BCUT2D eigenvalue weighted by molar-refractivity contribution is 5.75. The first-order valence-electron chi connectivity index (χ1n) is 4.29. The molecule has 1 unspecified atom stereocenters. The molecule has 14 heavy (non-hydrogen) atoms. The summed E-state index contributed by atoms with van der Waals surface area (Å²) in [5.74, 6) is -1.18. The fourth-order valence-corrected chi connectivity index (χ4v) is 1.17. The molecule has 0 aliphatic rings. The van der Waals surface area contributed by atoms with Gasteiger partial charge < -0.3 is 4.74 Å². The molecule has 0 radical (unpaired) electrons. The molecule has 0 fully saturated rings. The third kappa shape index (κ3) is 2.60. The van der Waals surface area contributed by atoms with Crippen molar-refractivity contribution in [3.05, 3.63) is 35.9 Å². The molecular formula is C11H11NO2. The van der Waals surface area contributed by atoms with Crippen LogP contribution in [0, 0.1) is 17.2 Å². The van der Waals surface area contributed by atoms with E-state index in [4.69, 9.17) is 5.26 Å². The number of esters is 1. The topological polar surface area (TPSA) is 50.1 Å². The van der Waals surface area contributed by atoms with Crippen LogP contribution in [0.25, 0.3) is 0 Å². The van der Waals surface area contributed by atoms with Crippen LogP contribution < -0.4 is 0 Å². The number of ether oxygens (including phenoxy) is 1. The zero-order chi connectivity index (χ0) is 10.4. The third-order valence-electron chi connectivity index (χ3n) is 1.92. The number of hydrogen-bond acceptors (Lipinski definition) is 3. The first kappa shape index (κ1) is 10.3. The van der Waals surface area contributed by atoms with Crippen molar-refractivity contribution in [2.45, 2.75) is 6.42 Å². The van der Waals surface area contributed by atoms with Gasteiger partial charge in [-0.15, -0.1) is 0 Å². The molecule has 0 spiro atoms. The van der Waals surface area contributed by atoms with Gasteiger partial charge in [-0.05, 0) is 12.0 Å². The Balaban J connectivity index is 2.68. The predicted molar refractivity (Wildman–Crippen MR) is 51.3 cm³/mol. The summed E-state index contributed by atoms with van der Waals surface area (Å²) in [4.78, 5) is 11.1. The van der Waals surface area contributed by atoms with Crippen molar-refractivity contribution >= 4 is 5.97 Å². The van der Waals surface area contributed by atoms with Crippen LogP contribution in [0.4, 0.5) is 0 Å². The summed E-state index contributed by atoms with van der Waals surface area (Å²) >= 11 is 0. The minimum absolute atomic E-state index is 0.407. The average Bonchev–Trinajstić information content (AvgIpc) is 2.26. The zero-order valence-corrected chi connectivity index (χ0v) is 7.93. The summed E-state index contributed by atoms with van der Waals surface area (Å²) < 4.78 is 4.51. The molecule has 3 nitrogen and oxygen atoms in total. The van der Waals surface area contributed by atoms with Gasteiger partial charge in [-0.1, -0.05) is 30.3 Å². The van der Waals surface area contributed by atoms with E-state index in [1.807, 2.05) is 36.4 Å². The summed E-state index contributed by atoms with van der Waals surface area (Å²) in [6.07, 6.45) is 0.407. The lowest BCUT2D eigenvalue weighted by atomic mass is 10.0. The second-order valence-electron chi connectivity index (χ2n) is 2.89. The monoisotopic (exact) mass is 189 g/mol. The van der Waals surface area contributed by atoms with Crippen LogP contribution in [-0.4, -0.2) is 13.1 Å². The van der Waals surface area contributed by atoms with Crippen LogP contribution in [0.15, 0.2) is 30.3 Å². The second kappa shape index (κ2) is 5.03. The van der Waals surface area contributed by atoms with E-state index in [9.17, 15) is 4.79 Å². The molecule has 0 aromatic heterocycles. The highest BCUT2D eigenvalue weighted by Gasteiger charge is 2.18. The molecule has 0 bridgehead atoms. The Bertz CT molecular complexity index is 340. The van der Waals surface area contributed by atoms with Crippen molar-refractivity contribution in [1.29, 1.82) is 5.26 Å². The van der Waals surface area contributed by atoms with E-state index < -0.39 is 11.9 Å². The van der Waals surface area contributed by atoms with Crippen LogP contribution in [-0.2, 0) is 16.0 Å². The highest BCUT2D eigenvalue weighted by Crippen LogP contribution is 2.09. The fourth-order valence-electron chi connectivity index (χ4n) is 1.17. The molecule has 1 atom stereocenters. The number of benzene rings is 1. The van der Waals surface area contributed by atoms with Crippen LogP contribution in [0.1, 0.15) is 5.56 Å². The minimum atomic E-state index is -0.706. The lowest BCUT2D eigenvalue weighted by Crippen LogP contribution is -2.16. The Hall–Kier alpha value is -1.82. The summed E-state index contributed by atoms with van der Waals surface area (Å²) in [7, 11) is 1.29. The van der Waals surface area contributed by atoms with Gasteiger partial charge in [-0.2, -0.15) is 5.26 Å². The van der Waals surface area contributed by atoms with E-state index in [0.717, 1.165) is 5.56 Å². The highest BCUT2D eigenvalue weighted by atomic mass is 16.5. The molecule has 1 aromatic carbocycles. The lowest BCUT2D eigenvalue weighted by Gasteiger charge is -2.05. The second-order valence-corrected chi connectivity index (χ2v) is 2.89. The molecule has 0 aliphatic carbocycles. The van der Waals surface area contributed by atoms with E-state index in [1.165, 1.54) is 7.11 Å². The Morgan fingerprint density at radius 3 is 2.64 bits per heavy atom. The summed E-state index contributed by atoms with van der Waals surface area (Å²) in [6.45, 7) is 0. The van der Waals surface area contributed by atoms with Crippen molar-refractivity contribution in [1.82, 2.24) is 0 Å². The number of nitriles is 1. The molecule has 0 N–H and O–H groups in total. The first-order chi connectivity index (χ1) is 6.77. The minimum Gasteiger partial charge on any atom is -0.468 e. The Kier molecular flexibility index (Phi) is 3.69. The summed E-state index contributed by atoms with van der Waals surface area (Å²) in [5, 5.41) is 8.74. The van der Waals surface area contributed by atoms with E-state index in [0.29, 0.717) is 6.42 Å².